The summed E-state index contributed by atoms with van der Waals surface area (Å²) in [4.78, 5) is 10.4. The van der Waals surface area contributed by atoms with Crippen LogP contribution in [-0.2, 0) is 19.5 Å². The molecule has 0 fully saturated rings. The lowest BCUT2D eigenvalue weighted by Crippen LogP contribution is -2.31. The number of benzene rings is 1. The minimum absolute atomic E-state index is 0.308. The third kappa shape index (κ3) is 2.16. The number of hydrogen-bond donors (Lipinski definition) is 0. The fourth-order valence-electron chi connectivity index (χ4n) is 3.03. The van der Waals surface area contributed by atoms with Gasteiger partial charge in [0.05, 0.1) is 18.1 Å². The molecule has 0 saturated heterocycles. The molecule has 3 heterocycles. The van der Waals surface area contributed by atoms with E-state index >= 15 is 0 Å². The van der Waals surface area contributed by atoms with Gasteiger partial charge < -0.3 is 0 Å². The molecule has 0 N–H and O–H groups in total. The molecule has 4 nitrogen and oxygen atoms in total. The molecular formula is C16H14F2N4. The van der Waals surface area contributed by atoms with Crippen LogP contribution in [0.3, 0.4) is 0 Å². The minimum Gasteiger partial charge on any atom is -0.300 e. The van der Waals surface area contributed by atoms with Gasteiger partial charge in [0.15, 0.2) is 5.65 Å². The molecule has 0 unspecified atom stereocenters. The maximum absolute atomic E-state index is 13.9. The highest BCUT2D eigenvalue weighted by molar-refractivity contribution is 5.37. The smallest absolute Gasteiger partial charge is 0.155 e. The van der Waals surface area contributed by atoms with E-state index in [9.17, 15) is 8.78 Å². The molecule has 0 bridgehead atoms. The Morgan fingerprint density at radius 3 is 2.77 bits per heavy atom. The summed E-state index contributed by atoms with van der Waals surface area (Å²) in [5, 5.41) is 0. The molecule has 1 aliphatic heterocycles. The third-order valence-corrected chi connectivity index (χ3v) is 4.16. The van der Waals surface area contributed by atoms with Gasteiger partial charge in [0.2, 0.25) is 0 Å². The lowest BCUT2D eigenvalue weighted by molar-refractivity contribution is 0.235. The zero-order chi connectivity index (χ0) is 15.1. The van der Waals surface area contributed by atoms with Crippen LogP contribution >= 0.6 is 0 Å². The quantitative estimate of drug-likeness (QED) is 0.729. The zero-order valence-electron chi connectivity index (χ0n) is 11.8. The number of hydrogen-bond acceptors (Lipinski definition) is 3. The number of nitrogens with zero attached hydrogens (tertiary/aromatic N) is 4. The van der Waals surface area contributed by atoms with E-state index in [-0.39, 0.29) is 11.6 Å². The standard InChI is InChI=1S/C16H14F2N4/c17-14-1-2-15(18)13-10-21(5-3-12(13)14)9-11-7-20-16-8-19-4-6-22(11)16/h1-2,4,6-8H,3,5,9-10H2. The van der Waals surface area contributed by atoms with E-state index < -0.39 is 0 Å². The molecule has 4 rings (SSSR count). The van der Waals surface area contributed by atoms with Crippen molar-refractivity contribution in [1.82, 2.24) is 19.3 Å². The molecule has 0 radical (unpaired) electrons. The van der Waals surface area contributed by atoms with Gasteiger partial charge in [-0.15, -0.1) is 0 Å². The number of fused-ring (bicyclic) bond motifs is 2. The van der Waals surface area contributed by atoms with Gasteiger partial charge in [0.1, 0.15) is 11.6 Å². The highest BCUT2D eigenvalue weighted by atomic mass is 19.1. The van der Waals surface area contributed by atoms with Crippen molar-refractivity contribution in [3.05, 3.63) is 65.4 Å². The highest BCUT2D eigenvalue weighted by Crippen LogP contribution is 2.25. The van der Waals surface area contributed by atoms with E-state index in [4.69, 9.17) is 0 Å². The topological polar surface area (TPSA) is 33.4 Å². The predicted octanol–water partition coefficient (Wildman–Crippen LogP) is 2.57. The van der Waals surface area contributed by atoms with Crippen LogP contribution < -0.4 is 0 Å². The number of aromatic nitrogens is 3. The Labute approximate surface area is 126 Å². The second-order valence-electron chi connectivity index (χ2n) is 5.50. The van der Waals surface area contributed by atoms with E-state index in [1.165, 1.54) is 12.1 Å². The van der Waals surface area contributed by atoms with E-state index in [1.54, 1.807) is 18.6 Å². The normalized spacial score (nSPS) is 15.2. The van der Waals surface area contributed by atoms with Crippen LogP contribution in [-0.4, -0.2) is 25.8 Å². The van der Waals surface area contributed by atoms with Crippen LogP contribution in [0.1, 0.15) is 16.8 Å². The number of imidazole rings is 1. The van der Waals surface area contributed by atoms with Crippen LogP contribution in [0.25, 0.3) is 5.65 Å². The van der Waals surface area contributed by atoms with Crippen molar-refractivity contribution in [1.29, 1.82) is 0 Å². The average molecular weight is 300 g/mol. The van der Waals surface area contributed by atoms with Gasteiger partial charge in [-0.05, 0) is 24.1 Å². The molecule has 0 saturated carbocycles. The summed E-state index contributed by atoms with van der Waals surface area (Å²) in [6, 6.07) is 2.42. The summed E-state index contributed by atoms with van der Waals surface area (Å²) in [7, 11) is 0. The molecule has 0 aliphatic carbocycles. The fraction of sp³-hybridized carbons (Fsp3) is 0.250. The average Bonchev–Trinajstić information content (AvgIpc) is 2.94. The largest absolute Gasteiger partial charge is 0.300 e. The molecule has 2 aromatic heterocycles. The van der Waals surface area contributed by atoms with Gasteiger partial charge in [-0.3, -0.25) is 14.3 Å². The van der Waals surface area contributed by atoms with Crippen molar-refractivity contribution in [3.8, 4) is 0 Å². The predicted molar refractivity (Wildman–Crippen MR) is 77.2 cm³/mol. The second-order valence-corrected chi connectivity index (χ2v) is 5.50. The van der Waals surface area contributed by atoms with Gasteiger partial charge in [-0.25, -0.2) is 13.8 Å². The van der Waals surface area contributed by atoms with Crippen molar-refractivity contribution in [2.45, 2.75) is 19.5 Å². The Bertz CT molecular complexity index is 843. The number of rotatable bonds is 2. The first-order valence-electron chi connectivity index (χ1n) is 7.16. The Morgan fingerprint density at radius 1 is 1.09 bits per heavy atom. The van der Waals surface area contributed by atoms with Crippen LogP contribution in [0.2, 0.25) is 0 Å². The molecule has 1 aromatic carbocycles. The van der Waals surface area contributed by atoms with E-state index in [0.717, 1.165) is 11.3 Å². The summed E-state index contributed by atoms with van der Waals surface area (Å²) in [5.74, 6) is -0.639. The first-order chi connectivity index (χ1) is 10.7. The first kappa shape index (κ1) is 13.3. The van der Waals surface area contributed by atoms with Crippen molar-refractivity contribution in [2.75, 3.05) is 6.54 Å². The molecule has 0 amide bonds. The second kappa shape index (κ2) is 5.14. The maximum atomic E-state index is 13.9. The van der Waals surface area contributed by atoms with E-state index in [2.05, 4.69) is 14.9 Å². The SMILES string of the molecule is Fc1ccc(F)c2c1CCN(Cc1cnc3cnccn13)C2. The number of halogens is 2. The molecule has 22 heavy (non-hydrogen) atoms. The first-order valence-corrected chi connectivity index (χ1v) is 7.16. The van der Waals surface area contributed by atoms with Crippen LogP contribution in [0, 0.1) is 11.6 Å². The van der Waals surface area contributed by atoms with E-state index in [1.807, 2.05) is 10.6 Å². The molecule has 0 spiro atoms. The summed E-state index contributed by atoms with van der Waals surface area (Å²) in [6.45, 7) is 1.75. The zero-order valence-corrected chi connectivity index (χ0v) is 11.8. The fourth-order valence-corrected chi connectivity index (χ4v) is 3.03. The minimum atomic E-state index is -0.330. The summed E-state index contributed by atoms with van der Waals surface area (Å²) < 4.78 is 29.7. The van der Waals surface area contributed by atoms with Crippen molar-refractivity contribution >= 4 is 5.65 Å². The van der Waals surface area contributed by atoms with Crippen LogP contribution in [0.4, 0.5) is 8.78 Å². The molecule has 1 aliphatic rings. The molecule has 3 aromatic rings. The third-order valence-electron chi connectivity index (χ3n) is 4.16. The molecule has 0 atom stereocenters. The van der Waals surface area contributed by atoms with Crippen molar-refractivity contribution in [3.63, 3.8) is 0 Å². The Morgan fingerprint density at radius 2 is 1.91 bits per heavy atom. The van der Waals surface area contributed by atoms with E-state index in [0.29, 0.717) is 37.2 Å². The van der Waals surface area contributed by atoms with Gasteiger partial charge >= 0.3 is 0 Å². The van der Waals surface area contributed by atoms with Crippen molar-refractivity contribution < 1.29 is 8.78 Å². The Hall–Kier alpha value is -2.34. The van der Waals surface area contributed by atoms with Gasteiger partial charge in [-0.2, -0.15) is 0 Å². The lowest BCUT2D eigenvalue weighted by Gasteiger charge is -2.29. The van der Waals surface area contributed by atoms with Gasteiger partial charge in [0, 0.05) is 37.6 Å². The summed E-state index contributed by atoms with van der Waals surface area (Å²) in [6.07, 6.45) is 7.59. The molecule has 6 heteroatoms. The van der Waals surface area contributed by atoms with Gasteiger partial charge in [0.25, 0.3) is 0 Å². The van der Waals surface area contributed by atoms with Crippen LogP contribution in [0.15, 0.2) is 36.9 Å². The lowest BCUT2D eigenvalue weighted by atomic mass is 9.98. The Kier molecular flexibility index (Phi) is 3.11. The maximum Gasteiger partial charge on any atom is 0.155 e. The van der Waals surface area contributed by atoms with Crippen LogP contribution in [0.5, 0.6) is 0 Å². The molecule has 112 valence electrons. The highest BCUT2D eigenvalue weighted by Gasteiger charge is 2.23. The monoisotopic (exact) mass is 300 g/mol. The summed E-state index contributed by atoms with van der Waals surface area (Å²) >= 11 is 0. The molecular weight excluding hydrogens is 286 g/mol. The Balaban J connectivity index is 1.62. The summed E-state index contributed by atoms with van der Waals surface area (Å²) in [5.41, 5.74) is 2.78. The van der Waals surface area contributed by atoms with Gasteiger partial charge in [-0.1, -0.05) is 0 Å². The van der Waals surface area contributed by atoms with Crippen molar-refractivity contribution in [2.24, 2.45) is 0 Å².